The minimum atomic E-state index is -0.119. The van der Waals surface area contributed by atoms with Gasteiger partial charge in [0.2, 0.25) is 0 Å². The number of hydrogen-bond acceptors (Lipinski definition) is 4. The Hall–Kier alpha value is -0.180. The zero-order chi connectivity index (χ0) is 15.3. The first-order chi connectivity index (χ1) is 10.3. The summed E-state index contributed by atoms with van der Waals surface area (Å²) in [7, 11) is 1.44. The molecule has 0 radical (unpaired) electrons. The normalized spacial score (nSPS) is 17.7. The molecule has 1 atom stereocenters. The quantitative estimate of drug-likeness (QED) is 0.189. The van der Waals surface area contributed by atoms with Crippen molar-refractivity contribution >= 4 is 47.7 Å². The monoisotopic (exact) mass is 443 g/mol. The Morgan fingerprint density at radius 1 is 1.32 bits per heavy atom. The molecule has 1 saturated heterocycles. The van der Waals surface area contributed by atoms with E-state index in [1.165, 1.54) is 25.7 Å². The molecular weight excluding hydrogens is 413 g/mol. The first-order valence-electron chi connectivity index (χ1n) is 7.96. The highest BCUT2D eigenvalue weighted by atomic mass is 127. The summed E-state index contributed by atoms with van der Waals surface area (Å²) in [6.45, 7) is 4.76. The Morgan fingerprint density at radius 3 is 2.77 bits per heavy atom. The molecule has 0 aliphatic carbocycles. The van der Waals surface area contributed by atoms with Gasteiger partial charge in [-0.1, -0.05) is 6.42 Å². The molecule has 1 heterocycles. The number of nitrogens with zero attached hydrogens (tertiary/aromatic N) is 1. The minimum Gasteiger partial charge on any atom is -0.469 e. The maximum atomic E-state index is 11.0. The van der Waals surface area contributed by atoms with Crippen LogP contribution in [0.5, 0.6) is 0 Å². The van der Waals surface area contributed by atoms with Gasteiger partial charge in [0.25, 0.3) is 0 Å². The number of rotatable bonds is 9. The van der Waals surface area contributed by atoms with Crippen molar-refractivity contribution in [3.63, 3.8) is 0 Å². The van der Waals surface area contributed by atoms with Crippen LogP contribution in [0.1, 0.15) is 45.4 Å². The van der Waals surface area contributed by atoms with Gasteiger partial charge in [0, 0.05) is 24.8 Å². The van der Waals surface area contributed by atoms with Crippen molar-refractivity contribution in [2.24, 2.45) is 4.99 Å². The van der Waals surface area contributed by atoms with Crippen LogP contribution >= 0.6 is 35.7 Å². The van der Waals surface area contributed by atoms with Crippen LogP contribution in [0.25, 0.3) is 0 Å². The molecule has 7 heteroatoms. The number of halogens is 1. The summed E-state index contributed by atoms with van der Waals surface area (Å²) in [6, 6.07) is 0. The number of esters is 1. The van der Waals surface area contributed by atoms with Crippen LogP contribution in [0.3, 0.4) is 0 Å². The van der Waals surface area contributed by atoms with Crippen LogP contribution in [-0.4, -0.2) is 49.7 Å². The van der Waals surface area contributed by atoms with Crippen molar-refractivity contribution in [3.8, 4) is 0 Å². The van der Waals surface area contributed by atoms with Crippen molar-refractivity contribution in [1.82, 2.24) is 10.6 Å². The Kier molecular flexibility index (Phi) is 14.3. The molecule has 0 aromatic carbocycles. The first-order valence-corrected chi connectivity index (χ1v) is 9.01. The van der Waals surface area contributed by atoms with Gasteiger partial charge in [0.15, 0.2) is 5.96 Å². The van der Waals surface area contributed by atoms with Crippen LogP contribution in [0.4, 0.5) is 0 Å². The van der Waals surface area contributed by atoms with Crippen molar-refractivity contribution in [2.45, 2.75) is 50.7 Å². The molecule has 1 aliphatic heterocycles. The van der Waals surface area contributed by atoms with Crippen LogP contribution in [-0.2, 0) is 9.53 Å². The molecule has 0 spiro atoms. The molecule has 0 amide bonds. The van der Waals surface area contributed by atoms with Crippen LogP contribution in [0.2, 0.25) is 0 Å². The van der Waals surface area contributed by atoms with Gasteiger partial charge in [0.05, 0.1) is 13.7 Å². The molecular formula is C15H30IN3O2S. The predicted octanol–water partition coefficient (Wildman–Crippen LogP) is 2.79. The number of thioether (sulfide) groups is 1. The third-order valence-electron chi connectivity index (χ3n) is 3.40. The third kappa shape index (κ3) is 10.5. The van der Waals surface area contributed by atoms with E-state index in [2.05, 4.69) is 27.3 Å². The smallest absolute Gasteiger partial charge is 0.305 e. The molecule has 1 fully saturated rings. The highest BCUT2D eigenvalue weighted by Crippen LogP contribution is 2.25. The average molecular weight is 443 g/mol. The standard InChI is InChI=1S/C15H29N3O2S.HI/c1-3-16-15(18-12-13-8-7-11-21-13)17-10-6-4-5-9-14(19)20-2;/h13H,3-12H2,1-2H3,(H2,16,17,18);1H. The number of aliphatic imine (C=N–C) groups is 1. The molecule has 1 rings (SSSR count). The summed E-state index contributed by atoms with van der Waals surface area (Å²) < 4.78 is 4.62. The molecule has 5 nitrogen and oxygen atoms in total. The largest absolute Gasteiger partial charge is 0.469 e. The van der Waals surface area contributed by atoms with E-state index in [0.29, 0.717) is 11.7 Å². The Bertz CT molecular complexity index is 324. The summed E-state index contributed by atoms with van der Waals surface area (Å²) in [6.07, 6.45) is 6.10. The summed E-state index contributed by atoms with van der Waals surface area (Å²) in [4.78, 5) is 15.6. The first kappa shape index (κ1) is 21.8. The SMILES string of the molecule is CCNC(=NCC1CCCS1)NCCCCCC(=O)OC.I. The van der Waals surface area contributed by atoms with Gasteiger partial charge < -0.3 is 15.4 Å². The molecule has 0 aromatic rings. The van der Waals surface area contributed by atoms with E-state index in [1.807, 2.05) is 11.8 Å². The molecule has 0 saturated carbocycles. The summed E-state index contributed by atoms with van der Waals surface area (Å²) >= 11 is 2.04. The van der Waals surface area contributed by atoms with Crippen LogP contribution in [0.15, 0.2) is 4.99 Å². The molecule has 0 bridgehead atoms. The highest BCUT2D eigenvalue weighted by Gasteiger charge is 2.14. The van der Waals surface area contributed by atoms with Gasteiger partial charge in [-0.15, -0.1) is 24.0 Å². The lowest BCUT2D eigenvalue weighted by atomic mass is 10.2. The van der Waals surface area contributed by atoms with Gasteiger partial charge in [-0.2, -0.15) is 11.8 Å². The topological polar surface area (TPSA) is 62.7 Å². The molecule has 1 aliphatic rings. The number of nitrogens with one attached hydrogen (secondary N) is 2. The van der Waals surface area contributed by atoms with Gasteiger partial charge in [-0.25, -0.2) is 0 Å². The third-order valence-corrected chi connectivity index (χ3v) is 4.78. The van der Waals surface area contributed by atoms with E-state index in [-0.39, 0.29) is 29.9 Å². The van der Waals surface area contributed by atoms with Gasteiger partial charge in [-0.3, -0.25) is 9.79 Å². The second-order valence-electron chi connectivity index (χ2n) is 5.17. The second-order valence-corrected chi connectivity index (χ2v) is 6.58. The number of guanidine groups is 1. The lowest BCUT2D eigenvalue weighted by Gasteiger charge is -2.12. The minimum absolute atomic E-state index is 0. The molecule has 2 N–H and O–H groups in total. The van der Waals surface area contributed by atoms with Gasteiger partial charge >= 0.3 is 5.97 Å². The molecule has 0 aromatic heterocycles. The fourth-order valence-electron chi connectivity index (χ4n) is 2.20. The zero-order valence-corrected chi connectivity index (χ0v) is 16.9. The maximum absolute atomic E-state index is 11.0. The van der Waals surface area contributed by atoms with Crippen LogP contribution in [0, 0.1) is 0 Å². The van der Waals surface area contributed by atoms with Gasteiger partial charge in [-0.05, 0) is 38.4 Å². The Morgan fingerprint density at radius 2 is 2.14 bits per heavy atom. The van der Waals surface area contributed by atoms with Gasteiger partial charge in [0.1, 0.15) is 0 Å². The summed E-state index contributed by atoms with van der Waals surface area (Å²) in [5.74, 6) is 2.08. The number of hydrogen-bond donors (Lipinski definition) is 2. The summed E-state index contributed by atoms with van der Waals surface area (Å²) in [5, 5.41) is 7.34. The lowest BCUT2D eigenvalue weighted by molar-refractivity contribution is -0.140. The second kappa shape index (κ2) is 14.4. The Labute approximate surface area is 155 Å². The van der Waals surface area contributed by atoms with Crippen LogP contribution < -0.4 is 10.6 Å². The number of carbonyl (C=O) groups is 1. The van der Waals surface area contributed by atoms with E-state index in [1.54, 1.807) is 0 Å². The number of methoxy groups -OCH3 is 1. The molecule has 130 valence electrons. The van der Waals surface area contributed by atoms with E-state index in [4.69, 9.17) is 0 Å². The maximum Gasteiger partial charge on any atom is 0.305 e. The average Bonchev–Trinajstić information content (AvgIpc) is 3.01. The predicted molar refractivity (Wildman–Crippen MR) is 105 cm³/mol. The highest BCUT2D eigenvalue weighted by molar-refractivity contribution is 14.0. The fourth-order valence-corrected chi connectivity index (χ4v) is 3.38. The lowest BCUT2D eigenvalue weighted by Crippen LogP contribution is -2.38. The number of carbonyl (C=O) groups excluding carboxylic acids is 1. The fraction of sp³-hybridized carbons (Fsp3) is 0.867. The zero-order valence-electron chi connectivity index (χ0n) is 13.7. The van der Waals surface area contributed by atoms with E-state index >= 15 is 0 Å². The Balaban J connectivity index is 0.00000441. The van der Waals surface area contributed by atoms with Crippen molar-refractivity contribution in [2.75, 3.05) is 32.5 Å². The summed E-state index contributed by atoms with van der Waals surface area (Å²) in [5.41, 5.74) is 0. The molecule has 22 heavy (non-hydrogen) atoms. The number of ether oxygens (including phenoxy) is 1. The van der Waals surface area contributed by atoms with E-state index < -0.39 is 0 Å². The van der Waals surface area contributed by atoms with Crippen molar-refractivity contribution < 1.29 is 9.53 Å². The number of unbranched alkanes of at least 4 members (excludes halogenated alkanes) is 2. The van der Waals surface area contributed by atoms with E-state index in [0.717, 1.165) is 44.9 Å². The van der Waals surface area contributed by atoms with Crippen molar-refractivity contribution in [1.29, 1.82) is 0 Å². The molecule has 1 unspecified atom stereocenters. The van der Waals surface area contributed by atoms with E-state index in [9.17, 15) is 4.79 Å². The van der Waals surface area contributed by atoms with Crippen molar-refractivity contribution in [3.05, 3.63) is 0 Å².